The van der Waals surface area contributed by atoms with E-state index < -0.39 is 0 Å². The van der Waals surface area contributed by atoms with Gasteiger partial charge in [-0.1, -0.05) is 18.2 Å². The van der Waals surface area contributed by atoms with Crippen molar-refractivity contribution in [1.29, 1.82) is 5.26 Å². The lowest BCUT2D eigenvalue weighted by atomic mass is 9.81. The molecule has 0 spiro atoms. The molecule has 4 heterocycles. The molecular weight excluding hydrogens is 358 g/mol. The zero-order chi connectivity index (χ0) is 15.7. The van der Waals surface area contributed by atoms with Crippen molar-refractivity contribution in [2.75, 3.05) is 0 Å². The fourth-order valence-electron chi connectivity index (χ4n) is 2.80. The second kappa shape index (κ2) is 6.06. The van der Waals surface area contributed by atoms with Crippen LogP contribution < -0.4 is 0 Å². The van der Waals surface area contributed by atoms with Crippen LogP contribution in [0.15, 0.2) is 64.7 Å². The zero-order valence-corrected chi connectivity index (χ0v) is 15.2. The molecule has 0 unspecified atom stereocenters. The molecule has 0 bridgehead atoms. The van der Waals surface area contributed by atoms with Crippen LogP contribution in [-0.4, -0.2) is 0 Å². The molecule has 0 aliphatic carbocycles. The second-order valence-electron chi connectivity index (χ2n) is 4.96. The van der Waals surface area contributed by atoms with Gasteiger partial charge in [0.05, 0.1) is 0 Å². The summed E-state index contributed by atoms with van der Waals surface area (Å²) in [5.74, 6) is 0. The van der Waals surface area contributed by atoms with Gasteiger partial charge in [-0.3, -0.25) is 0 Å². The van der Waals surface area contributed by atoms with Crippen molar-refractivity contribution in [3.63, 3.8) is 0 Å². The van der Waals surface area contributed by atoms with E-state index in [1.165, 1.54) is 19.5 Å². The first-order chi connectivity index (χ1) is 11.4. The van der Waals surface area contributed by atoms with Gasteiger partial charge in [0.1, 0.15) is 16.4 Å². The quantitative estimate of drug-likeness (QED) is 0.421. The summed E-state index contributed by atoms with van der Waals surface area (Å²) < 4.78 is 0. The Bertz CT molecular complexity index is 838. The average molecular weight is 370 g/mol. The molecule has 4 aromatic rings. The molecule has 4 rings (SSSR count). The Balaban J connectivity index is 2.09. The summed E-state index contributed by atoms with van der Waals surface area (Å²) in [7, 11) is 0. The van der Waals surface area contributed by atoms with Crippen molar-refractivity contribution >= 4 is 45.3 Å². The van der Waals surface area contributed by atoms with Crippen molar-refractivity contribution < 1.29 is 0 Å². The fraction of sp³-hybridized carbons (Fsp3) is 0.0556. The van der Waals surface area contributed by atoms with E-state index in [2.05, 4.69) is 64.7 Å². The number of rotatable bonds is 4. The standard InChI is InChI=1S/C18H11NS4/c19-12-13-7-8-17(23-13)18(14-4-1-9-20-14,15-5-2-10-21-15)16-6-3-11-22-16/h1-11H. The third-order valence-corrected chi connectivity index (χ3v) is 7.84. The molecule has 4 aromatic heterocycles. The van der Waals surface area contributed by atoms with E-state index in [1.807, 2.05) is 6.07 Å². The molecule has 5 heteroatoms. The smallest absolute Gasteiger partial charge is 0.110 e. The first-order valence-corrected chi connectivity index (χ1v) is 10.4. The van der Waals surface area contributed by atoms with Crippen LogP contribution in [0, 0.1) is 11.3 Å². The molecule has 0 fully saturated rings. The molecule has 0 aliphatic heterocycles. The Kier molecular flexibility index (Phi) is 3.92. The predicted molar refractivity (Wildman–Crippen MR) is 101 cm³/mol. The van der Waals surface area contributed by atoms with Gasteiger partial charge >= 0.3 is 0 Å². The SMILES string of the molecule is N#Cc1ccc(C(c2cccs2)(c2cccs2)c2cccs2)s1. The maximum absolute atomic E-state index is 9.28. The summed E-state index contributed by atoms with van der Waals surface area (Å²) in [6.45, 7) is 0. The van der Waals surface area contributed by atoms with Gasteiger partial charge in [-0.25, -0.2) is 0 Å². The second-order valence-corrected chi connectivity index (χ2v) is 8.88. The molecule has 0 atom stereocenters. The summed E-state index contributed by atoms with van der Waals surface area (Å²) >= 11 is 6.92. The summed E-state index contributed by atoms with van der Waals surface area (Å²) in [6.07, 6.45) is 0. The van der Waals surface area contributed by atoms with Crippen molar-refractivity contribution in [2.45, 2.75) is 5.41 Å². The molecule has 1 nitrogen and oxygen atoms in total. The molecule has 0 N–H and O–H groups in total. The Hall–Kier alpha value is -1.71. The van der Waals surface area contributed by atoms with Crippen LogP contribution >= 0.6 is 45.3 Å². The minimum Gasteiger partial charge on any atom is -0.192 e. The molecule has 0 saturated carbocycles. The number of nitrogens with zero attached hydrogens (tertiary/aromatic N) is 1. The molecule has 23 heavy (non-hydrogen) atoms. The minimum absolute atomic E-state index is 0.295. The monoisotopic (exact) mass is 369 g/mol. The largest absolute Gasteiger partial charge is 0.192 e. The number of hydrogen-bond donors (Lipinski definition) is 0. The Morgan fingerprint density at radius 3 is 1.57 bits per heavy atom. The van der Waals surface area contributed by atoms with Crippen LogP contribution in [-0.2, 0) is 5.41 Å². The van der Waals surface area contributed by atoms with E-state index in [0.29, 0.717) is 0 Å². The molecule has 0 aromatic carbocycles. The first kappa shape index (κ1) is 14.9. The molecule has 0 aliphatic rings. The van der Waals surface area contributed by atoms with Crippen molar-refractivity contribution in [1.82, 2.24) is 0 Å². The van der Waals surface area contributed by atoms with Crippen LogP contribution in [0.4, 0.5) is 0 Å². The van der Waals surface area contributed by atoms with Gasteiger partial charge in [-0.05, 0) is 46.5 Å². The summed E-state index contributed by atoms with van der Waals surface area (Å²) in [4.78, 5) is 5.87. The summed E-state index contributed by atoms with van der Waals surface area (Å²) in [6, 6.07) is 19.3. The first-order valence-electron chi connectivity index (χ1n) is 6.98. The van der Waals surface area contributed by atoms with Crippen molar-refractivity contribution in [3.05, 3.63) is 89.1 Å². The van der Waals surface area contributed by atoms with Gasteiger partial charge in [0, 0.05) is 19.5 Å². The zero-order valence-electron chi connectivity index (χ0n) is 11.9. The maximum atomic E-state index is 9.28. The number of thiophene rings is 4. The Labute approximate surface area is 150 Å². The van der Waals surface area contributed by atoms with Crippen molar-refractivity contribution in [3.8, 4) is 6.07 Å². The molecular formula is C18H11NS4. The fourth-order valence-corrected chi connectivity index (χ4v) is 7.13. The van der Waals surface area contributed by atoms with Gasteiger partial charge in [0.15, 0.2) is 0 Å². The maximum Gasteiger partial charge on any atom is 0.110 e. The lowest BCUT2D eigenvalue weighted by Gasteiger charge is -2.30. The molecule has 112 valence electrons. The summed E-state index contributed by atoms with van der Waals surface area (Å²) in [5.41, 5.74) is -0.295. The van der Waals surface area contributed by atoms with Gasteiger partial charge in [-0.2, -0.15) is 5.26 Å². The molecule has 0 amide bonds. The van der Waals surface area contributed by atoms with Gasteiger partial charge in [0.25, 0.3) is 0 Å². The van der Waals surface area contributed by atoms with Gasteiger partial charge in [-0.15, -0.1) is 45.3 Å². The highest BCUT2D eigenvalue weighted by atomic mass is 32.1. The van der Waals surface area contributed by atoms with E-state index >= 15 is 0 Å². The Morgan fingerprint density at radius 2 is 1.22 bits per heavy atom. The topological polar surface area (TPSA) is 23.8 Å². The lowest BCUT2D eigenvalue weighted by molar-refractivity contribution is 0.823. The molecule has 0 radical (unpaired) electrons. The highest BCUT2D eigenvalue weighted by Gasteiger charge is 2.42. The van der Waals surface area contributed by atoms with Crippen LogP contribution in [0.3, 0.4) is 0 Å². The van der Waals surface area contributed by atoms with E-state index in [9.17, 15) is 5.26 Å². The normalized spacial score (nSPS) is 11.4. The van der Waals surface area contributed by atoms with Gasteiger partial charge in [0.2, 0.25) is 0 Å². The third-order valence-electron chi connectivity index (χ3n) is 3.76. The van der Waals surface area contributed by atoms with Crippen molar-refractivity contribution in [2.24, 2.45) is 0 Å². The van der Waals surface area contributed by atoms with Crippen LogP contribution in [0.2, 0.25) is 0 Å². The highest BCUT2D eigenvalue weighted by Crippen LogP contribution is 2.51. The van der Waals surface area contributed by atoms with E-state index in [-0.39, 0.29) is 5.41 Å². The lowest BCUT2D eigenvalue weighted by Crippen LogP contribution is -2.26. The average Bonchev–Trinajstić information content (AvgIpc) is 3.36. The predicted octanol–water partition coefficient (Wildman–Crippen LogP) is 6.19. The van der Waals surface area contributed by atoms with Gasteiger partial charge < -0.3 is 0 Å². The highest BCUT2D eigenvalue weighted by molar-refractivity contribution is 7.16. The minimum atomic E-state index is -0.295. The van der Waals surface area contributed by atoms with E-state index in [0.717, 1.165) is 4.88 Å². The Morgan fingerprint density at radius 1 is 0.696 bits per heavy atom. The van der Waals surface area contributed by atoms with E-state index in [1.54, 1.807) is 45.3 Å². The van der Waals surface area contributed by atoms with Crippen LogP contribution in [0.25, 0.3) is 0 Å². The number of nitriles is 1. The molecule has 0 saturated heterocycles. The van der Waals surface area contributed by atoms with Crippen LogP contribution in [0.1, 0.15) is 24.4 Å². The van der Waals surface area contributed by atoms with Crippen LogP contribution in [0.5, 0.6) is 0 Å². The third kappa shape index (κ3) is 2.30. The van der Waals surface area contributed by atoms with E-state index in [4.69, 9.17) is 0 Å². The summed E-state index contributed by atoms with van der Waals surface area (Å²) in [5, 5.41) is 15.7. The number of hydrogen-bond acceptors (Lipinski definition) is 5.